The Morgan fingerprint density at radius 3 is 2.43 bits per heavy atom. The van der Waals surface area contributed by atoms with Crippen molar-refractivity contribution in [2.75, 3.05) is 13.2 Å². The molecule has 0 unspecified atom stereocenters. The van der Waals surface area contributed by atoms with Gasteiger partial charge in [-0.2, -0.15) is 0 Å². The average molecular weight is 408 g/mol. The maximum Gasteiger partial charge on any atom is 0.338 e. The van der Waals surface area contributed by atoms with Crippen molar-refractivity contribution in [1.29, 1.82) is 0 Å². The van der Waals surface area contributed by atoms with E-state index in [1.807, 2.05) is 39.0 Å². The molecule has 3 N–H and O–H groups in total. The van der Waals surface area contributed by atoms with E-state index in [2.05, 4.69) is 40.2 Å². The third-order valence-corrected chi connectivity index (χ3v) is 5.15. The number of rotatable bonds is 7. The third-order valence-electron chi connectivity index (χ3n) is 5.15. The van der Waals surface area contributed by atoms with Gasteiger partial charge in [-0.15, -0.1) is 0 Å². The summed E-state index contributed by atoms with van der Waals surface area (Å²) in [5.74, 6) is -0.428. The summed E-state index contributed by atoms with van der Waals surface area (Å²) in [6.45, 7) is 9.01. The SMILES string of the molecule is CCOC(=O)C1=C(CNCc2ccc(C)cc2)NC(=O)N[C@H]1c1cc(C)ccc1C. The number of ether oxygens (including phenoxy) is 1. The molecule has 0 aliphatic carbocycles. The van der Waals surface area contributed by atoms with E-state index in [0.29, 0.717) is 24.4 Å². The first kappa shape index (κ1) is 21.6. The summed E-state index contributed by atoms with van der Waals surface area (Å²) < 4.78 is 5.33. The summed E-state index contributed by atoms with van der Waals surface area (Å²) >= 11 is 0. The van der Waals surface area contributed by atoms with Crippen molar-refractivity contribution in [1.82, 2.24) is 16.0 Å². The molecule has 0 spiro atoms. The van der Waals surface area contributed by atoms with Gasteiger partial charge in [0.1, 0.15) is 0 Å². The van der Waals surface area contributed by atoms with Crippen molar-refractivity contribution in [3.8, 4) is 0 Å². The number of amides is 2. The summed E-state index contributed by atoms with van der Waals surface area (Å²) in [4.78, 5) is 25.3. The highest BCUT2D eigenvalue weighted by molar-refractivity contribution is 5.95. The molecule has 0 aromatic heterocycles. The van der Waals surface area contributed by atoms with Crippen LogP contribution < -0.4 is 16.0 Å². The van der Waals surface area contributed by atoms with E-state index in [0.717, 1.165) is 22.3 Å². The number of benzene rings is 2. The molecule has 3 rings (SSSR count). The number of aryl methyl sites for hydroxylation is 3. The fraction of sp³-hybridized carbons (Fsp3) is 0.333. The molecule has 2 aromatic rings. The highest BCUT2D eigenvalue weighted by atomic mass is 16.5. The zero-order valence-corrected chi connectivity index (χ0v) is 18.0. The molecule has 1 atom stereocenters. The van der Waals surface area contributed by atoms with Gasteiger partial charge in [0.15, 0.2) is 0 Å². The van der Waals surface area contributed by atoms with Gasteiger partial charge in [-0.25, -0.2) is 9.59 Å². The molecule has 2 aromatic carbocycles. The van der Waals surface area contributed by atoms with E-state index in [9.17, 15) is 9.59 Å². The number of hydrogen-bond donors (Lipinski definition) is 3. The number of carbonyl (C=O) groups is 2. The quantitative estimate of drug-likeness (QED) is 0.613. The molecule has 6 heteroatoms. The molecule has 0 saturated carbocycles. The molecule has 30 heavy (non-hydrogen) atoms. The Kier molecular flexibility index (Phi) is 6.90. The van der Waals surface area contributed by atoms with Crippen molar-refractivity contribution in [2.45, 2.75) is 40.3 Å². The van der Waals surface area contributed by atoms with Gasteiger partial charge < -0.3 is 20.7 Å². The van der Waals surface area contributed by atoms with Gasteiger partial charge in [-0.05, 0) is 44.4 Å². The fourth-order valence-electron chi connectivity index (χ4n) is 3.55. The summed E-state index contributed by atoms with van der Waals surface area (Å²) in [6, 6.07) is 13.4. The molecular formula is C24H29N3O3. The van der Waals surface area contributed by atoms with Crippen LogP contribution in [-0.4, -0.2) is 25.2 Å². The van der Waals surface area contributed by atoms with Crippen LogP contribution in [-0.2, 0) is 16.1 Å². The van der Waals surface area contributed by atoms with Crippen LogP contribution in [0, 0.1) is 20.8 Å². The second-order valence-corrected chi connectivity index (χ2v) is 7.59. The largest absolute Gasteiger partial charge is 0.463 e. The first-order valence-corrected chi connectivity index (χ1v) is 10.2. The zero-order chi connectivity index (χ0) is 21.7. The Bertz CT molecular complexity index is 964. The van der Waals surface area contributed by atoms with Crippen molar-refractivity contribution in [3.05, 3.63) is 81.6 Å². The van der Waals surface area contributed by atoms with Crippen molar-refractivity contribution < 1.29 is 14.3 Å². The lowest BCUT2D eigenvalue weighted by atomic mass is 9.91. The Morgan fingerprint density at radius 1 is 1.03 bits per heavy atom. The van der Waals surface area contributed by atoms with Gasteiger partial charge in [0.05, 0.1) is 18.2 Å². The number of esters is 1. The highest BCUT2D eigenvalue weighted by Gasteiger charge is 2.34. The van der Waals surface area contributed by atoms with Crippen molar-refractivity contribution in [2.24, 2.45) is 0 Å². The Hall–Kier alpha value is -3.12. The van der Waals surface area contributed by atoms with Crippen LogP contribution in [0.5, 0.6) is 0 Å². The summed E-state index contributed by atoms with van der Waals surface area (Å²) in [5, 5.41) is 9.03. The highest BCUT2D eigenvalue weighted by Crippen LogP contribution is 2.30. The third kappa shape index (κ3) is 5.07. The van der Waals surface area contributed by atoms with Crippen LogP contribution in [0.25, 0.3) is 0 Å². The van der Waals surface area contributed by atoms with E-state index in [4.69, 9.17) is 4.74 Å². The Morgan fingerprint density at radius 2 is 1.73 bits per heavy atom. The molecule has 1 aliphatic heterocycles. The molecule has 1 aliphatic rings. The minimum atomic E-state index is -0.561. The van der Waals surface area contributed by atoms with Crippen LogP contribution in [0.2, 0.25) is 0 Å². The molecular weight excluding hydrogens is 378 g/mol. The van der Waals surface area contributed by atoms with Gasteiger partial charge in [0, 0.05) is 18.8 Å². The Balaban J connectivity index is 1.91. The van der Waals surface area contributed by atoms with Gasteiger partial charge in [0.25, 0.3) is 0 Å². The summed E-state index contributed by atoms with van der Waals surface area (Å²) in [6.07, 6.45) is 0. The van der Waals surface area contributed by atoms with E-state index in [1.54, 1.807) is 6.92 Å². The topological polar surface area (TPSA) is 79.5 Å². The summed E-state index contributed by atoms with van der Waals surface area (Å²) in [5.41, 5.74) is 6.26. The monoisotopic (exact) mass is 407 g/mol. The average Bonchev–Trinajstić information content (AvgIpc) is 2.71. The normalized spacial score (nSPS) is 16.1. The molecule has 158 valence electrons. The van der Waals surface area contributed by atoms with E-state index in [-0.39, 0.29) is 12.6 Å². The maximum absolute atomic E-state index is 12.9. The second kappa shape index (κ2) is 9.59. The van der Waals surface area contributed by atoms with Crippen LogP contribution in [0.15, 0.2) is 53.7 Å². The lowest BCUT2D eigenvalue weighted by Crippen LogP contribution is -2.48. The molecule has 0 fully saturated rings. The van der Waals surface area contributed by atoms with Crippen molar-refractivity contribution in [3.63, 3.8) is 0 Å². The van der Waals surface area contributed by atoms with E-state index < -0.39 is 12.0 Å². The summed E-state index contributed by atoms with van der Waals surface area (Å²) in [7, 11) is 0. The zero-order valence-electron chi connectivity index (χ0n) is 18.0. The first-order chi connectivity index (χ1) is 14.4. The second-order valence-electron chi connectivity index (χ2n) is 7.59. The minimum Gasteiger partial charge on any atom is -0.463 e. The number of hydrogen-bond acceptors (Lipinski definition) is 4. The minimum absolute atomic E-state index is 0.264. The molecule has 0 bridgehead atoms. The molecule has 0 radical (unpaired) electrons. The number of carbonyl (C=O) groups excluding carboxylic acids is 2. The molecule has 6 nitrogen and oxygen atoms in total. The lowest BCUT2D eigenvalue weighted by Gasteiger charge is -2.30. The lowest BCUT2D eigenvalue weighted by molar-refractivity contribution is -0.139. The van der Waals surface area contributed by atoms with Gasteiger partial charge in [-0.3, -0.25) is 0 Å². The van der Waals surface area contributed by atoms with Gasteiger partial charge in [-0.1, -0.05) is 53.6 Å². The number of urea groups is 1. The van der Waals surface area contributed by atoms with E-state index >= 15 is 0 Å². The van der Waals surface area contributed by atoms with Crippen molar-refractivity contribution >= 4 is 12.0 Å². The van der Waals surface area contributed by atoms with Gasteiger partial charge in [0.2, 0.25) is 0 Å². The van der Waals surface area contributed by atoms with Crippen LogP contribution in [0.3, 0.4) is 0 Å². The van der Waals surface area contributed by atoms with E-state index in [1.165, 1.54) is 5.56 Å². The standard InChI is InChI=1S/C24H29N3O3/c1-5-30-23(28)21-20(14-25-13-18-10-7-15(2)8-11-18)26-24(29)27-22(21)19-12-16(3)6-9-17(19)4/h6-12,22,25H,5,13-14H2,1-4H3,(H2,26,27,29)/t22-/m0/s1. The van der Waals surface area contributed by atoms with Gasteiger partial charge >= 0.3 is 12.0 Å². The van der Waals surface area contributed by atoms with Crippen LogP contribution in [0.4, 0.5) is 4.79 Å². The predicted molar refractivity (Wildman–Crippen MR) is 117 cm³/mol. The smallest absolute Gasteiger partial charge is 0.338 e. The predicted octanol–water partition coefficient (Wildman–Crippen LogP) is 3.57. The number of nitrogens with one attached hydrogen (secondary N) is 3. The maximum atomic E-state index is 12.9. The van der Waals surface area contributed by atoms with Crippen LogP contribution >= 0.6 is 0 Å². The molecule has 2 amide bonds. The first-order valence-electron chi connectivity index (χ1n) is 10.2. The Labute approximate surface area is 177 Å². The molecule has 1 heterocycles. The van der Waals surface area contributed by atoms with Crippen LogP contribution in [0.1, 0.15) is 40.8 Å². The fourth-order valence-corrected chi connectivity index (χ4v) is 3.55. The molecule has 0 saturated heterocycles.